The first kappa shape index (κ1) is 11.7. The number of carbonyl (C=O) groups is 1. The minimum Gasteiger partial charge on any atom is -0.336 e. The van der Waals surface area contributed by atoms with Gasteiger partial charge in [-0.05, 0) is 20.3 Å². The second-order valence-electron chi connectivity index (χ2n) is 3.33. The molecule has 0 aliphatic heterocycles. The number of H-pyrrole nitrogens is 1. The zero-order valence-corrected chi connectivity index (χ0v) is 9.58. The Kier molecular flexibility index (Phi) is 4.27. The number of hydrogen-bond donors (Lipinski definition) is 1. The molecule has 0 aliphatic carbocycles. The Labute approximate surface area is 89.9 Å². The molecule has 0 saturated carbocycles. The molecular weight excluding hydrogens is 192 g/mol. The standard InChI is InChI=1S/C10H18N4O/c1-4-7-8-11-9(13-12-8)10(15)14(5-2)6-3/h4-7H2,1-3H3,(H,11,12,13). The first-order chi connectivity index (χ1) is 7.22. The largest absolute Gasteiger partial charge is 0.336 e. The van der Waals surface area contributed by atoms with Gasteiger partial charge in [-0.25, -0.2) is 4.98 Å². The molecule has 1 aromatic heterocycles. The van der Waals surface area contributed by atoms with Gasteiger partial charge in [0.15, 0.2) is 0 Å². The molecular formula is C10H18N4O. The SMILES string of the molecule is CCCc1nc(C(=O)N(CC)CC)n[nH]1. The van der Waals surface area contributed by atoms with E-state index < -0.39 is 0 Å². The quantitative estimate of drug-likeness (QED) is 0.795. The van der Waals surface area contributed by atoms with E-state index in [2.05, 4.69) is 22.1 Å². The van der Waals surface area contributed by atoms with Crippen molar-refractivity contribution in [2.24, 2.45) is 0 Å². The van der Waals surface area contributed by atoms with Crippen molar-refractivity contribution in [1.29, 1.82) is 0 Å². The summed E-state index contributed by atoms with van der Waals surface area (Å²) in [5.74, 6) is 0.966. The molecule has 5 heteroatoms. The summed E-state index contributed by atoms with van der Waals surface area (Å²) in [6.07, 6.45) is 1.83. The second kappa shape index (κ2) is 5.48. The first-order valence-corrected chi connectivity index (χ1v) is 5.43. The maximum atomic E-state index is 11.8. The number of nitrogens with one attached hydrogen (secondary N) is 1. The van der Waals surface area contributed by atoms with Crippen molar-refractivity contribution < 1.29 is 4.79 Å². The summed E-state index contributed by atoms with van der Waals surface area (Å²) >= 11 is 0. The lowest BCUT2D eigenvalue weighted by Gasteiger charge is -2.15. The van der Waals surface area contributed by atoms with Gasteiger partial charge in [-0.1, -0.05) is 6.92 Å². The summed E-state index contributed by atoms with van der Waals surface area (Å²) in [4.78, 5) is 17.7. The van der Waals surface area contributed by atoms with Gasteiger partial charge >= 0.3 is 0 Å². The van der Waals surface area contributed by atoms with Crippen LogP contribution in [0.1, 0.15) is 43.6 Å². The van der Waals surface area contributed by atoms with Crippen molar-refractivity contribution in [2.75, 3.05) is 13.1 Å². The van der Waals surface area contributed by atoms with E-state index >= 15 is 0 Å². The lowest BCUT2D eigenvalue weighted by Crippen LogP contribution is -2.31. The van der Waals surface area contributed by atoms with E-state index in [9.17, 15) is 4.79 Å². The van der Waals surface area contributed by atoms with Gasteiger partial charge in [0.2, 0.25) is 5.82 Å². The predicted molar refractivity (Wildman–Crippen MR) is 57.6 cm³/mol. The van der Waals surface area contributed by atoms with Gasteiger partial charge in [0.25, 0.3) is 5.91 Å². The Hall–Kier alpha value is -1.39. The van der Waals surface area contributed by atoms with Crippen molar-refractivity contribution in [3.63, 3.8) is 0 Å². The average Bonchev–Trinajstić information content (AvgIpc) is 2.68. The van der Waals surface area contributed by atoms with E-state index in [-0.39, 0.29) is 11.7 Å². The summed E-state index contributed by atoms with van der Waals surface area (Å²) < 4.78 is 0. The van der Waals surface area contributed by atoms with Gasteiger partial charge in [-0.2, -0.15) is 0 Å². The minimum absolute atomic E-state index is 0.0985. The summed E-state index contributed by atoms with van der Waals surface area (Å²) in [6.45, 7) is 7.33. The lowest BCUT2D eigenvalue weighted by molar-refractivity contribution is 0.0761. The summed E-state index contributed by atoms with van der Waals surface area (Å²) in [7, 11) is 0. The van der Waals surface area contributed by atoms with E-state index in [4.69, 9.17) is 0 Å². The summed E-state index contributed by atoms with van der Waals surface area (Å²) in [5.41, 5.74) is 0. The van der Waals surface area contributed by atoms with Crippen LogP contribution >= 0.6 is 0 Å². The Morgan fingerprint density at radius 2 is 2.00 bits per heavy atom. The molecule has 1 rings (SSSR count). The molecule has 84 valence electrons. The lowest BCUT2D eigenvalue weighted by atomic mass is 10.3. The van der Waals surface area contributed by atoms with E-state index in [0.29, 0.717) is 13.1 Å². The highest BCUT2D eigenvalue weighted by molar-refractivity contribution is 5.90. The van der Waals surface area contributed by atoms with Crippen LogP contribution in [0.5, 0.6) is 0 Å². The van der Waals surface area contributed by atoms with Crippen LogP contribution < -0.4 is 0 Å². The molecule has 15 heavy (non-hydrogen) atoms. The van der Waals surface area contributed by atoms with Crippen LogP contribution in [0.4, 0.5) is 0 Å². The molecule has 0 atom stereocenters. The molecule has 0 saturated heterocycles. The Morgan fingerprint density at radius 3 is 2.53 bits per heavy atom. The number of aromatic amines is 1. The molecule has 0 aromatic carbocycles. The molecule has 1 amide bonds. The van der Waals surface area contributed by atoms with Gasteiger partial charge in [-0.3, -0.25) is 9.89 Å². The highest BCUT2D eigenvalue weighted by Gasteiger charge is 2.17. The van der Waals surface area contributed by atoms with E-state index in [1.807, 2.05) is 13.8 Å². The molecule has 1 N–H and O–H groups in total. The smallest absolute Gasteiger partial charge is 0.293 e. The molecule has 1 aromatic rings. The van der Waals surface area contributed by atoms with Crippen LogP contribution in [0.2, 0.25) is 0 Å². The molecule has 0 fully saturated rings. The van der Waals surface area contributed by atoms with Crippen LogP contribution in [0, 0.1) is 0 Å². The monoisotopic (exact) mass is 210 g/mol. The highest BCUT2D eigenvalue weighted by Crippen LogP contribution is 2.01. The van der Waals surface area contributed by atoms with Crippen molar-refractivity contribution in [1.82, 2.24) is 20.1 Å². The molecule has 5 nitrogen and oxygen atoms in total. The zero-order valence-electron chi connectivity index (χ0n) is 9.58. The second-order valence-corrected chi connectivity index (χ2v) is 3.33. The number of amides is 1. The maximum Gasteiger partial charge on any atom is 0.293 e. The van der Waals surface area contributed by atoms with Crippen LogP contribution in [0.25, 0.3) is 0 Å². The van der Waals surface area contributed by atoms with Crippen molar-refractivity contribution in [2.45, 2.75) is 33.6 Å². The number of hydrogen-bond acceptors (Lipinski definition) is 3. The summed E-state index contributed by atoms with van der Waals surface area (Å²) in [5, 5.41) is 6.71. The molecule has 0 aliphatic rings. The number of carbonyl (C=O) groups excluding carboxylic acids is 1. The molecule has 0 spiro atoms. The predicted octanol–water partition coefficient (Wildman–Crippen LogP) is 1.24. The van der Waals surface area contributed by atoms with Crippen molar-refractivity contribution in [3.05, 3.63) is 11.6 Å². The van der Waals surface area contributed by atoms with Gasteiger partial charge in [0.1, 0.15) is 5.82 Å². The fourth-order valence-corrected chi connectivity index (χ4v) is 1.39. The molecule has 1 heterocycles. The molecule has 0 radical (unpaired) electrons. The third-order valence-corrected chi connectivity index (χ3v) is 2.26. The fraction of sp³-hybridized carbons (Fsp3) is 0.700. The number of aryl methyl sites for hydroxylation is 1. The van der Waals surface area contributed by atoms with Gasteiger partial charge < -0.3 is 4.90 Å². The normalized spacial score (nSPS) is 10.3. The van der Waals surface area contributed by atoms with Gasteiger partial charge in [0.05, 0.1) is 0 Å². The van der Waals surface area contributed by atoms with Crippen LogP contribution in [-0.4, -0.2) is 39.1 Å². The van der Waals surface area contributed by atoms with E-state index in [1.54, 1.807) is 4.90 Å². The van der Waals surface area contributed by atoms with E-state index in [0.717, 1.165) is 18.7 Å². The third kappa shape index (κ3) is 2.78. The van der Waals surface area contributed by atoms with Crippen LogP contribution in [-0.2, 0) is 6.42 Å². The minimum atomic E-state index is -0.0985. The Morgan fingerprint density at radius 1 is 1.33 bits per heavy atom. The number of aromatic nitrogens is 3. The van der Waals surface area contributed by atoms with E-state index in [1.165, 1.54) is 0 Å². The van der Waals surface area contributed by atoms with Crippen LogP contribution in [0.15, 0.2) is 0 Å². The maximum absolute atomic E-state index is 11.8. The third-order valence-electron chi connectivity index (χ3n) is 2.26. The fourth-order valence-electron chi connectivity index (χ4n) is 1.39. The molecule has 0 bridgehead atoms. The van der Waals surface area contributed by atoms with Crippen molar-refractivity contribution in [3.8, 4) is 0 Å². The molecule has 0 unspecified atom stereocenters. The number of nitrogens with zero attached hydrogens (tertiary/aromatic N) is 3. The first-order valence-electron chi connectivity index (χ1n) is 5.43. The van der Waals surface area contributed by atoms with Gasteiger partial charge in [0, 0.05) is 19.5 Å². The van der Waals surface area contributed by atoms with Crippen molar-refractivity contribution >= 4 is 5.91 Å². The van der Waals surface area contributed by atoms with Crippen LogP contribution in [0.3, 0.4) is 0 Å². The Balaban J connectivity index is 2.73. The average molecular weight is 210 g/mol. The topological polar surface area (TPSA) is 61.9 Å². The summed E-state index contributed by atoms with van der Waals surface area (Å²) in [6, 6.07) is 0. The van der Waals surface area contributed by atoms with Gasteiger partial charge in [-0.15, -0.1) is 5.10 Å². The zero-order chi connectivity index (χ0) is 11.3. The number of rotatable bonds is 5. The Bertz CT molecular complexity index is 317. The highest BCUT2D eigenvalue weighted by atomic mass is 16.2.